The van der Waals surface area contributed by atoms with Gasteiger partial charge in [0.15, 0.2) is 0 Å². The molecule has 2 heterocycles. The van der Waals surface area contributed by atoms with Gasteiger partial charge in [-0.3, -0.25) is 9.69 Å². The van der Waals surface area contributed by atoms with Gasteiger partial charge in [0.2, 0.25) is 5.91 Å². The van der Waals surface area contributed by atoms with Gasteiger partial charge in [0.1, 0.15) is 0 Å². The lowest BCUT2D eigenvalue weighted by Crippen LogP contribution is -2.40. The van der Waals surface area contributed by atoms with Crippen molar-refractivity contribution in [1.29, 1.82) is 0 Å². The van der Waals surface area contributed by atoms with E-state index in [0.29, 0.717) is 18.4 Å². The second-order valence-corrected chi connectivity index (χ2v) is 7.01. The van der Waals surface area contributed by atoms with E-state index in [9.17, 15) is 4.79 Å². The summed E-state index contributed by atoms with van der Waals surface area (Å²) in [5.74, 6) is 0.601. The largest absolute Gasteiger partial charge is 0.354 e. The first kappa shape index (κ1) is 15.5. The summed E-state index contributed by atoms with van der Waals surface area (Å²) in [4.78, 5) is 15.8. The number of likely N-dealkylation sites (tertiary alicyclic amines) is 1. The van der Waals surface area contributed by atoms with Gasteiger partial charge in [-0.25, -0.2) is 0 Å². The highest BCUT2D eigenvalue weighted by Gasteiger charge is 2.23. The van der Waals surface area contributed by atoms with Crippen molar-refractivity contribution >= 4 is 17.2 Å². The van der Waals surface area contributed by atoms with Crippen molar-refractivity contribution in [2.45, 2.75) is 45.6 Å². The lowest BCUT2D eigenvalue weighted by Gasteiger charge is -2.34. The Hall–Kier alpha value is -0.870. The number of nitrogens with zero attached hydrogens (tertiary/aromatic N) is 1. The van der Waals surface area contributed by atoms with Crippen LogP contribution >= 0.6 is 11.3 Å². The number of piperidine rings is 1. The fraction of sp³-hybridized carbons (Fsp3) is 0.688. The van der Waals surface area contributed by atoms with E-state index in [1.807, 2.05) is 0 Å². The van der Waals surface area contributed by atoms with Crippen LogP contribution in [0.5, 0.6) is 0 Å². The maximum atomic E-state index is 11.9. The standard InChI is InChI=1S/C16H26N2OS/c1-13(2)11-16(19)17-12-14(15-7-6-10-20-15)18-8-4-3-5-9-18/h6-7,10,13-14H,3-5,8-9,11-12H2,1-2H3,(H,17,19)/t14-/m1/s1. The van der Waals surface area contributed by atoms with Crippen molar-refractivity contribution in [3.05, 3.63) is 22.4 Å². The van der Waals surface area contributed by atoms with Crippen LogP contribution in [0.25, 0.3) is 0 Å². The van der Waals surface area contributed by atoms with Crippen LogP contribution in [0.15, 0.2) is 17.5 Å². The number of amides is 1. The molecule has 0 bridgehead atoms. The molecule has 0 unspecified atom stereocenters. The SMILES string of the molecule is CC(C)CC(=O)NC[C@H](c1cccs1)N1CCCCC1. The zero-order valence-corrected chi connectivity index (χ0v) is 13.4. The second-order valence-electron chi connectivity index (χ2n) is 6.03. The number of hydrogen-bond donors (Lipinski definition) is 1. The van der Waals surface area contributed by atoms with Gasteiger partial charge in [-0.2, -0.15) is 0 Å². The Kier molecular flexibility index (Phi) is 6.05. The Labute approximate surface area is 126 Å². The molecule has 2 rings (SSSR count). The van der Waals surface area contributed by atoms with Crippen LogP contribution in [-0.4, -0.2) is 30.4 Å². The van der Waals surface area contributed by atoms with Gasteiger partial charge in [-0.15, -0.1) is 11.3 Å². The van der Waals surface area contributed by atoms with E-state index in [1.54, 1.807) is 11.3 Å². The highest BCUT2D eigenvalue weighted by Crippen LogP contribution is 2.27. The van der Waals surface area contributed by atoms with Crippen LogP contribution in [0.2, 0.25) is 0 Å². The summed E-state index contributed by atoms with van der Waals surface area (Å²) in [6.45, 7) is 7.22. The highest BCUT2D eigenvalue weighted by atomic mass is 32.1. The number of carbonyl (C=O) groups is 1. The Balaban J connectivity index is 1.94. The quantitative estimate of drug-likeness (QED) is 0.871. The topological polar surface area (TPSA) is 32.3 Å². The molecular weight excluding hydrogens is 268 g/mol. The first-order chi connectivity index (χ1) is 9.66. The molecule has 0 saturated carbocycles. The zero-order valence-electron chi connectivity index (χ0n) is 12.6. The van der Waals surface area contributed by atoms with Crippen LogP contribution in [-0.2, 0) is 4.79 Å². The fourth-order valence-electron chi connectivity index (χ4n) is 2.77. The Morgan fingerprint density at radius 2 is 2.10 bits per heavy atom. The molecule has 0 spiro atoms. The monoisotopic (exact) mass is 294 g/mol. The first-order valence-corrected chi connectivity index (χ1v) is 8.59. The summed E-state index contributed by atoms with van der Waals surface area (Å²) >= 11 is 1.80. The smallest absolute Gasteiger partial charge is 0.220 e. The first-order valence-electron chi connectivity index (χ1n) is 7.71. The van der Waals surface area contributed by atoms with E-state index >= 15 is 0 Å². The molecular formula is C16H26N2OS. The summed E-state index contributed by atoms with van der Waals surface area (Å²) in [6.07, 6.45) is 4.52. The van der Waals surface area contributed by atoms with Crippen LogP contribution in [0.4, 0.5) is 0 Å². The summed E-state index contributed by atoms with van der Waals surface area (Å²) < 4.78 is 0. The minimum Gasteiger partial charge on any atom is -0.354 e. The van der Waals surface area contributed by atoms with E-state index in [1.165, 1.54) is 24.1 Å². The van der Waals surface area contributed by atoms with Gasteiger partial charge in [0.25, 0.3) is 0 Å². The van der Waals surface area contributed by atoms with Crippen molar-refractivity contribution in [3.63, 3.8) is 0 Å². The maximum absolute atomic E-state index is 11.9. The van der Waals surface area contributed by atoms with E-state index in [2.05, 4.69) is 41.6 Å². The van der Waals surface area contributed by atoms with Gasteiger partial charge in [0.05, 0.1) is 6.04 Å². The van der Waals surface area contributed by atoms with E-state index in [4.69, 9.17) is 0 Å². The van der Waals surface area contributed by atoms with Crippen molar-refractivity contribution in [1.82, 2.24) is 10.2 Å². The Bertz CT molecular complexity index is 397. The summed E-state index contributed by atoms with van der Waals surface area (Å²) in [5.41, 5.74) is 0. The van der Waals surface area contributed by atoms with E-state index in [0.717, 1.165) is 19.6 Å². The van der Waals surface area contributed by atoms with Gasteiger partial charge in [-0.1, -0.05) is 26.3 Å². The van der Waals surface area contributed by atoms with Crippen molar-refractivity contribution in [2.24, 2.45) is 5.92 Å². The molecule has 0 aromatic carbocycles. The molecule has 20 heavy (non-hydrogen) atoms. The average molecular weight is 294 g/mol. The number of thiophene rings is 1. The van der Waals surface area contributed by atoms with Crippen LogP contribution < -0.4 is 5.32 Å². The van der Waals surface area contributed by atoms with Gasteiger partial charge in [-0.05, 0) is 43.3 Å². The summed E-state index contributed by atoms with van der Waals surface area (Å²) in [7, 11) is 0. The number of hydrogen-bond acceptors (Lipinski definition) is 3. The molecule has 1 aliphatic heterocycles. The molecule has 1 atom stereocenters. The van der Waals surface area contributed by atoms with Crippen molar-refractivity contribution in [3.8, 4) is 0 Å². The second kappa shape index (κ2) is 7.79. The van der Waals surface area contributed by atoms with Gasteiger partial charge in [0, 0.05) is 17.8 Å². The number of nitrogens with one attached hydrogen (secondary N) is 1. The zero-order chi connectivity index (χ0) is 14.4. The molecule has 0 radical (unpaired) electrons. The lowest BCUT2D eigenvalue weighted by molar-refractivity contribution is -0.122. The molecule has 4 heteroatoms. The molecule has 1 aromatic rings. The van der Waals surface area contributed by atoms with Gasteiger partial charge < -0.3 is 5.32 Å². The molecule has 112 valence electrons. The predicted molar refractivity (Wildman–Crippen MR) is 84.9 cm³/mol. The van der Waals surface area contributed by atoms with Crippen LogP contribution in [0.1, 0.15) is 50.4 Å². The van der Waals surface area contributed by atoms with E-state index in [-0.39, 0.29) is 5.91 Å². The Morgan fingerprint density at radius 1 is 1.35 bits per heavy atom. The molecule has 3 nitrogen and oxygen atoms in total. The van der Waals surface area contributed by atoms with E-state index < -0.39 is 0 Å². The molecule has 1 fully saturated rings. The minimum atomic E-state index is 0.179. The maximum Gasteiger partial charge on any atom is 0.220 e. The third kappa shape index (κ3) is 4.60. The van der Waals surface area contributed by atoms with Crippen LogP contribution in [0, 0.1) is 5.92 Å². The fourth-order valence-corrected chi connectivity index (χ4v) is 3.63. The van der Waals surface area contributed by atoms with Crippen LogP contribution in [0.3, 0.4) is 0 Å². The summed E-state index contributed by atoms with van der Waals surface area (Å²) in [5, 5.41) is 5.25. The predicted octanol–water partition coefficient (Wildman–Crippen LogP) is 3.44. The summed E-state index contributed by atoms with van der Waals surface area (Å²) in [6, 6.07) is 4.65. The Morgan fingerprint density at radius 3 is 2.70 bits per heavy atom. The lowest BCUT2D eigenvalue weighted by atomic mass is 10.1. The molecule has 0 aliphatic carbocycles. The third-order valence-electron chi connectivity index (χ3n) is 3.79. The minimum absolute atomic E-state index is 0.179. The van der Waals surface area contributed by atoms with Crippen molar-refractivity contribution < 1.29 is 4.79 Å². The average Bonchev–Trinajstić information content (AvgIpc) is 2.93. The molecule has 1 saturated heterocycles. The van der Waals surface area contributed by atoms with Gasteiger partial charge >= 0.3 is 0 Å². The van der Waals surface area contributed by atoms with Crippen molar-refractivity contribution in [2.75, 3.05) is 19.6 Å². The number of carbonyl (C=O) groups excluding carboxylic acids is 1. The highest BCUT2D eigenvalue weighted by molar-refractivity contribution is 7.10. The molecule has 1 aliphatic rings. The molecule has 1 amide bonds. The molecule has 1 N–H and O–H groups in total. The number of rotatable bonds is 6. The molecule has 1 aromatic heterocycles. The third-order valence-corrected chi connectivity index (χ3v) is 4.76. The normalized spacial score (nSPS) is 18.1.